The normalized spacial score (nSPS) is 14.9. The zero-order chi connectivity index (χ0) is 12.7. The van der Waals surface area contributed by atoms with Crippen LogP contribution in [-0.4, -0.2) is 9.97 Å². The monoisotopic (exact) mass is 253 g/mol. The molecule has 1 aliphatic carbocycles. The van der Waals surface area contributed by atoms with Crippen molar-refractivity contribution < 1.29 is 4.42 Å². The highest BCUT2D eigenvalue weighted by atomic mass is 16.3. The van der Waals surface area contributed by atoms with Crippen LogP contribution in [0.5, 0.6) is 0 Å². The Morgan fingerprint density at radius 2 is 2.26 bits per heavy atom. The highest BCUT2D eigenvalue weighted by Crippen LogP contribution is 2.40. The molecule has 0 radical (unpaired) electrons. The van der Waals surface area contributed by atoms with Crippen molar-refractivity contribution in [1.82, 2.24) is 9.97 Å². The zero-order valence-corrected chi connectivity index (χ0v) is 10.5. The molecule has 2 heterocycles. The minimum atomic E-state index is 0.559. The molecule has 96 valence electrons. The van der Waals surface area contributed by atoms with Crippen LogP contribution in [0.25, 0.3) is 11.1 Å². The Morgan fingerprint density at radius 3 is 3.05 bits per heavy atom. The van der Waals surface area contributed by atoms with Crippen LogP contribution < -0.4 is 5.32 Å². The predicted octanol–water partition coefficient (Wildman–Crippen LogP) is 3.65. The molecule has 1 aromatic carbocycles. The van der Waals surface area contributed by atoms with Crippen molar-refractivity contribution in [2.24, 2.45) is 0 Å². The van der Waals surface area contributed by atoms with Gasteiger partial charge >= 0.3 is 0 Å². The van der Waals surface area contributed by atoms with E-state index < -0.39 is 0 Å². The number of fused-ring (bicyclic) bond motifs is 1. The molecule has 0 bridgehead atoms. The summed E-state index contributed by atoms with van der Waals surface area (Å²) < 4.78 is 5.75. The lowest BCUT2D eigenvalue weighted by Crippen LogP contribution is -1.97. The quantitative estimate of drug-likeness (QED) is 0.746. The average molecular weight is 253 g/mol. The second-order valence-electron chi connectivity index (χ2n) is 5.08. The van der Waals surface area contributed by atoms with E-state index in [0.717, 1.165) is 29.2 Å². The molecule has 1 aliphatic rings. The Kier molecular flexibility index (Phi) is 2.33. The predicted molar refractivity (Wildman–Crippen MR) is 74.1 cm³/mol. The Labute approximate surface area is 110 Å². The van der Waals surface area contributed by atoms with Crippen molar-refractivity contribution in [2.75, 3.05) is 5.32 Å². The molecule has 1 fully saturated rings. The van der Waals surface area contributed by atoms with Gasteiger partial charge < -0.3 is 14.7 Å². The van der Waals surface area contributed by atoms with Gasteiger partial charge in [0.1, 0.15) is 5.52 Å². The number of hydrogen-bond donors (Lipinski definition) is 2. The van der Waals surface area contributed by atoms with Crippen molar-refractivity contribution in [3.05, 3.63) is 48.1 Å². The molecule has 0 aliphatic heterocycles. The first-order valence-corrected chi connectivity index (χ1v) is 6.64. The number of benzene rings is 1. The minimum Gasteiger partial charge on any atom is -0.440 e. The summed E-state index contributed by atoms with van der Waals surface area (Å²) in [5.74, 6) is 1.46. The largest absolute Gasteiger partial charge is 0.440 e. The van der Waals surface area contributed by atoms with Gasteiger partial charge in [0.15, 0.2) is 11.5 Å². The third-order valence-electron chi connectivity index (χ3n) is 3.49. The van der Waals surface area contributed by atoms with Crippen LogP contribution in [0.2, 0.25) is 0 Å². The summed E-state index contributed by atoms with van der Waals surface area (Å²) in [6.07, 6.45) is 6.35. The van der Waals surface area contributed by atoms with Crippen LogP contribution in [-0.2, 0) is 6.54 Å². The van der Waals surface area contributed by atoms with Crippen molar-refractivity contribution in [2.45, 2.75) is 25.3 Å². The maximum absolute atomic E-state index is 5.75. The van der Waals surface area contributed by atoms with E-state index in [1.165, 1.54) is 18.4 Å². The smallest absolute Gasteiger partial charge is 0.198 e. The summed E-state index contributed by atoms with van der Waals surface area (Å²) in [5, 5.41) is 3.39. The highest BCUT2D eigenvalue weighted by Gasteiger charge is 2.28. The summed E-state index contributed by atoms with van der Waals surface area (Å²) in [5.41, 5.74) is 4.14. The maximum Gasteiger partial charge on any atom is 0.198 e. The number of rotatable bonds is 4. The highest BCUT2D eigenvalue weighted by molar-refractivity contribution is 5.77. The van der Waals surface area contributed by atoms with Gasteiger partial charge in [-0.3, -0.25) is 0 Å². The standard InChI is InChI=1S/C15H15N3O/c1-2-11(1)15-18-13-7-12(3-4-14(13)19-15)17-9-10-5-6-16-8-10/h3-8,11,16-17H,1-2,9H2. The lowest BCUT2D eigenvalue weighted by Gasteiger charge is -2.03. The Balaban J connectivity index is 1.56. The minimum absolute atomic E-state index is 0.559. The molecule has 0 amide bonds. The van der Waals surface area contributed by atoms with E-state index >= 15 is 0 Å². The topological polar surface area (TPSA) is 53.9 Å². The van der Waals surface area contributed by atoms with Gasteiger partial charge in [0.05, 0.1) is 0 Å². The van der Waals surface area contributed by atoms with Gasteiger partial charge in [-0.1, -0.05) is 0 Å². The van der Waals surface area contributed by atoms with Gasteiger partial charge in [0.2, 0.25) is 0 Å². The molecule has 0 spiro atoms. The van der Waals surface area contributed by atoms with E-state index in [1.807, 2.05) is 24.5 Å². The van der Waals surface area contributed by atoms with E-state index in [-0.39, 0.29) is 0 Å². The SMILES string of the molecule is c1cc(CNc2ccc3oc(C4CC4)nc3c2)c[nH]1. The van der Waals surface area contributed by atoms with E-state index in [1.54, 1.807) is 0 Å². The molecule has 0 unspecified atom stereocenters. The number of hydrogen-bond acceptors (Lipinski definition) is 3. The van der Waals surface area contributed by atoms with Crippen LogP contribution in [0.15, 0.2) is 41.1 Å². The maximum atomic E-state index is 5.75. The summed E-state index contributed by atoms with van der Waals surface area (Å²) >= 11 is 0. The summed E-state index contributed by atoms with van der Waals surface area (Å²) in [6.45, 7) is 0.808. The molecule has 19 heavy (non-hydrogen) atoms. The Bertz CT molecular complexity index is 695. The molecule has 2 aromatic heterocycles. The molecule has 4 rings (SSSR count). The van der Waals surface area contributed by atoms with Crippen LogP contribution >= 0.6 is 0 Å². The molecule has 0 saturated heterocycles. The number of oxazole rings is 1. The number of aromatic amines is 1. The Hall–Kier alpha value is -2.23. The van der Waals surface area contributed by atoms with E-state index in [2.05, 4.69) is 27.4 Å². The van der Waals surface area contributed by atoms with Gasteiger partial charge in [-0.25, -0.2) is 4.98 Å². The lowest BCUT2D eigenvalue weighted by molar-refractivity contribution is 0.533. The third kappa shape index (κ3) is 2.10. The van der Waals surface area contributed by atoms with Crippen molar-refractivity contribution in [1.29, 1.82) is 0 Å². The Morgan fingerprint density at radius 1 is 1.32 bits per heavy atom. The average Bonchev–Trinajstić information content (AvgIpc) is 3.00. The summed E-state index contributed by atoms with van der Waals surface area (Å²) in [6, 6.07) is 8.15. The van der Waals surface area contributed by atoms with Gasteiger partial charge in [-0.15, -0.1) is 0 Å². The van der Waals surface area contributed by atoms with E-state index in [4.69, 9.17) is 4.42 Å². The fourth-order valence-electron chi connectivity index (χ4n) is 2.23. The molecule has 0 atom stereocenters. The molecule has 1 saturated carbocycles. The van der Waals surface area contributed by atoms with Crippen molar-refractivity contribution >= 4 is 16.8 Å². The number of nitrogens with one attached hydrogen (secondary N) is 2. The number of anilines is 1. The number of aromatic nitrogens is 2. The molecular weight excluding hydrogens is 238 g/mol. The molecule has 4 nitrogen and oxygen atoms in total. The van der Waals surface area contributed by atoms with E-state index in [9.17, 15) is 0 Å². The fourth-order valence-corrected chi connectivity index (χ4v) is 2.23. The number of H-pyrrole nitrogens is 1. The second-order valence-corrected chi connectivity index (χ2v) is 5.08. The van der Waals surface area contributed by atoms with Gasteiger partial charge in [-0.2, -0.15) is 0 Å². The molecule has 4 heteroatoms. The van der Waals surface area contributed by atoms with Crippen LogP contribution in [0, 0.1) is 0 Å². The summed E-state index contributed by atoms with van der Waals surface area (Å²) in [4.78, 5) is 7.62. The van der Waals surface area contributed by atoms with Crippen molar-refractivity contribution in [3.8, 4) is 0 Å². The first-order valence-electron chi connectivity index (χ1n) is 6.64. The van der Waals surface area contributed by atoms with Crippen molar-refractivity contribution in [3.63, 3.8) is 0 Å². The third-order valence-corrected chi connectivity index (χ3v) is 3.49. The van der Waals surface area contributed by atoms with Gasteiger partial charge in [-0.05, 0) is 42.7 Å². The zero-order valence-electron chi connectivity index (χ0n) is 10.5. The van der Waals surface area contributed by atoms with Crippen LogP contribution in [0.1, 0.15) is 30.2 Å². The molecular formula is C15H15N3O. The lowest BCUT2D eigenvalue weighted by atomic mass is 10.2. The number of nitrogens with zero attached hydrogens (tertiary/aromatic N) is 1. The molecule has 3 aromatic rings. The molecule has 2 N–H and O–H groups in total. The first-order chi connectivity index (χ1) is 9.38. The van der Waals surface area contributed by atoms with Gasteiger partial charge in [0, 0.05) is 30.5 Å². The fraction of sp³-hybridized carbons (Fsp3) is 0.267. The van der Waals surface area contributed by atoms with E-state index in [0.29, 0.717) is 5.92 Å². The van der Waals surface area contributed by atoms with Gasteiger partial charge in [0.25, 0.3) is 0 Å². The van der Waals surface area contributed by atoms with Crippen LogP contribution in [0.3, 0.4) is 0 Å². The first kappa shape index (κ1) is 10.7. The second kappa shape index (κ2) is 4.16. The summed E-state index contributed by atoms with van der Waals surface area (Å²) in [7, 11) is 0. The van der Waals surface area contributed by atoms with Crippen LogP contribution in [0.4, 0.5) is 5.69 Å².